The van der Waals surface area contributed by atoms with Crippen molar-refractivity contribution in [2.45, 2.75) is 90.6 Å². The maximum absolute atomic E-state index is 10.3. The standard InChI is InChI=1S/C50H54N6OS/c1-32-34(3)58-49-45(32)47(51-33(2)48-53-52-35(4)56(48)49)39-12-10-36(11-13-39)31-54-26-22-50(23-27-54)24-28-55(29-25-50)41-17-14-38(15-18-41)46-43(37-8-6-5-7-9-37)20-16-40-30-42(57)19-21-44(40)46/h5-15,17-19,21,30,33,43,46,57H,16,20,22-29,31H2,1-4H3/t33-,43+,46-/m0/s1. The van der Waals surface area contributed by atoms with Crippen molar-refractivity contribution in [1.82, 2.24) is 19.7 Å². The molecule has 4 aliphatic rings. The third-order valence-electron chi connectivity index (χ3n) is 14.2. The van der Waals surface area contributed by atoms with E-state index in [2.05, 4.69) is 130 Å². The molecule has 2 saturated heterocycles. The highest BCUT2D eigenvalue weighted by molar-refractivity contribution is 7.15. The summed E-state index contributed by atoms with van der Waals surface area (Å²) < 4.78 is 2.21. The van der Waals surface area contributed by atoms with Gasteiger partial charge >= 0.3 is 0 Å². The van der Waals surface area contributed by atoms with Crippen molar-refractivity contribution in [1.29, 1.82) is 0 Å². The first-order valence-corrected chi connectivity index (χ1v) is 22.2. The highest BCUT2D eigenvalue weighted by atomic mass is 32.1. The highest BCUT2D eigenvalue weighted by Crippen LogP contribution is 2.48. The van der Waals surface area contributed by atoms with E-state index in [9.17, 15) is 5.11 Å². The number of thiophene rings is 1. The monoisotopic (exact) mass is 786 g/mol. The summed E-state index contributed by atoms with van der Waals surface area (Å²) in [5.41, 5.74) is 13.4. The zero-order chi connectivity index (χ0) is 39.5. The van der Waals surface area contributed by atoms with Crippen LogP contribution in [0.25, 0.3) is 5.00 Å². The van der Waals surface area contributed by atoms with Gasteiger partial charge < -0.3 is 10.0 Å². The Bertz CT molecular complexity index is 2460. The molecule has 7 nitrogen and oxygen atoms in total. The van der Waals surface area contributed by atoms with E-state index in [1.54, 1.807) is 0 Å². The van der Waals surface area contributed by atoms with Crippen LogP contribution in [0.3, 0.4) is 0 Å². The summed E-state index contributed by atoms with van der Waals surface area (Å²) in [5.74, 6) is 2.90. The molecule has 0 amide bonds. The van der Waals surface area contributed by atoms with E-state index in [0.717, 1.165) is 49.8 Å². The number of anilines is 1. The summed E-state index contributed by atoms with van der Waals surface area (Å²) in [7, 11) is 0. The number of likely N-dealkylation sites (tertiary alicyclic amines) is 1. The van der Waals surface area contributed by atoms with Gasteiger partial charge in [-0.2, -0.15) is 0 Å². The zero-order valence-electron chi connectivity index (χ0n) is 34.3. The molecule has 1 aliphatic carbocycles. The SMILES string of the molecule is Cc1sc2c(c1C)C(c1ccc(CN3CCC4(CC3)CCN(c3ccc([C@@H]5c6ccc(O)cc6CC[C@@H]5c5ccccc5)cc3)CC4)cc1)=N[C@@H](C)c1nnc(C)n1-2. The largest absolute Gasteiger partial charge is 0.508 e. The van der Waals surface area contributed by atoms with Crippen molar-refractivity contribution >= 4 is 22.7 Å². The molecule has 3 aliphatic heterocycles. The molecule has 2 aromatic heterocycles. The molecule has 0 saturated carbocycles. The minimum atomic E-state index is -0.0703. The van der Waals surface area contributed by atoms with E-state index in [1.807, 2.05) is 30.4 Å². The smallest absolute Gasteiger partial charge is 0.162 e. The van der Waals surface area contributed by atoms with Crippen molar-refractivity contribution < 1.29 is 5.11 Å². The van der Waals surface area contributed by atoms with Gasteiger partial charge in [0.15, 0.2) is 5.82 Å². The molecule has 58 heavy (non-hydrogen) atoms. The maximum Gasteiger partial charge on any atom is 0.162 e. The number of nitrogens with zero attached hydrogens (tertiary/aromatic N) is 6. The van der Waals surface area contributed by atoms with Gasteiger partial charge in [0.25, 0.3) is 0 Å². The molecule has 0 unspecified atom stereocenters. The molecule has 5 heterocycles. The number of aliphatic imine (C=N–C) groups is 1. The molecular weight excluding hydrogens is 733 g/mol. The van der Waals surface area contributed by atoms with Crippen LogP contribution in [0.2, 0.25) is 0 Å². The summed E-state index contributed by atoms with van der Waals surface area (Å²) in [6.07, 6.45) is 7.19. The molecule has 0 radical (unpaired) electrons. The number of hydrogen-bond acceptors (Lipinski definition) is 7. The number of phenolic OH excluding ortho intramolecular Hbond substituents is 1. The first kappa shape index (κ1) is 37.2. The molecule has 4 aromatic carbocycles. The van der Waals surface area contributed by atoms with Gasteiger partial charge in [-0.05, 0) is 148 Å². The molecule has 2 fully saturated rings. The second kappa shape index (κ2) is 15.0. The molecule has 1 N–H and O–H groups in total. The number of fused-ring (bicyclic) bond motifs is 4. The number of benzene rings is 4. The van der Waals surface area contributed by atoms with Crippen LogP contribution in [-0.4, -0.2) is 56.7 Å². The number of aromatic hydroxyl groups is 1. The number of piperidine rings is 2. The molecule has 1 spiro atoms. The van der Waals surface area contributed by atoms with E-state index in [4.69, 9.17) is 4.99 Å². The minimum absolute atomic E-state index is 0.0703. The lowest BCUT2D eigenvalue weighted by molar-refractivity contribution is 0.0758. The van der Waals surface area contributed by atoms with Crippen molar-refractivity contribution in [3.05, 3.63) is 158 Å². The van der Waals surface area contributed by atoms with Crippen molar-refractivity contribution in [3.63, 3.8) is 0 Å². The van der Waals surface area contributed by atoms with Crippen LogP contribution < -0.4 is 4.90 Å². The Balaban J connectivity index is 0.773. The third-order valence-corrected chi connectivity index (χ3v) is 15.4. The first-order valence-electron chi connectivity index (χ1n) is 21.4. The van der Waals surface area contributed by atoms with Crippen LogP contribution in [0.1, 0.15) is 118 Å². The highest BCUT2D eigenvalue weighted by Gasteiger charge is 2.38. The van der Waals surface area contributed by atoms with Crippen LogP contribution in [0.5, 0.6) is 5.75 Å². The van der Waals surface area contributed by atoms with Gasteiger partial charge in [0.2, 0.25) is 0 Å². The zero-order valence-corrected chi connectivity index (χ0v) is 35.1. The van der Waals surface area contributed by atoms with Gasteiger partial charge in [0, 0.05) is 47.2 Å². The van der Waals surface area contributed by atoms with Crippen LogP contribution in [-0.2, 0) is 13.0 Å². The predicted molar refractivity (Wildman–Crippen MR) is 236 cm³/mol. The number of aromatic nitrogens is 3. The summed E-state index contributed by atoms with van der Waals surface area (Å²) in [6.45, 7) is 14.2. The van der Waals surface area contributed by atoms with Gasteiger partial charge in [0.1, 0.15) is 22.6 Å². The van der Waals surface area contributed by atoms with Crippen LogP contribution in [0.15, 0.2) is 102 Å². The lowest BCUT2D eigenvalue weighted by atomic mass is 9.69. The van der Waals surface area contributed by atoms with Crippen LogP contribution >= 0.6 is 11.3 Å². The second-order valence-electron chi connectivity index (χ2n) is 17.5. The maximum atomic E-state index is 10.3. The number of phenols is 1. The van der Waals surface area contributed by atoms with E-state index >= 15 is 0 Å². The Morgan fingerprint density at radius 3 is 2.26 bits per heavy atom. The lowest BCUT2D eigenvalue weighted by Crippen LogP contribution is -2.46. The first-order chi connectivity index (χ1) is 28.2. The molecule has 8 heteroatoms. The van der Waals surface area contributed by atoms with E-state index in [0.29, 0.717) is 17.1 Å². The third kappa shape index (κ3) is 6.68. The van der Waals surface area contributed by atoms with E-state index < -0.39 is 0 Å². The van der Waals surface area contributed by atoms with Gasteiger partial charge in [-0.3, -0.25) is 14.5 Å². The molecule has 0 bridgehead atoms. The average Bonchev–Trinajstić information content (AvgIpc) is 3.74. The number of hydrogen-bond donors (Lipinski definition) is 1. The molecule has 296 valence electrons. The van der Waals surface area contributed by atoms with Crippen molar-refractivity contribution in [2.75, 3.05) is 31.1 Å². The minimum Gasteiger partial charge on any atom is -0.508 e. The second-order valence-corrected chi connectivity index (χ2v) is 18.7. The molecule has 6 aromatic rings. The summed E-state index contributed by atoms with van der Waals surface area (Å²) in [6, 6.07) is 35.7. The quantitative estimate of drug-likeness (QED) is 0.182. The van der Waals surface area contributed by atoms with Gasteiger partial charge in [-0.25, -0.2) is 0 Å². The van der Waals surface area contributed by atoms with Crippen molar-refractivity contribution in [2.24, 2.45) is 10.4 Å². The number of aryl methyl sites for hydroxylation is 3. The fourth-order valence-electron chi connectivity index (χ4n) is 10.6. The van der Waals surface area contributed by atoms with Crippen molar-refractivity contribution in [3.8, 4) is 10.8 Å². The van der Waals surface area contributed by atoms with Gasteiger partial charge in [0.05, 0.1) is 5.71 Å². The Kier molecular flexibility index (Phi) is 9.60. The Hall–Kier alpha value is -5.05. The Morgan fingerprint density at radius 2 is 1.52 bits per heavy atom. The summed E-state index contributed by atoms with van der Waals surface area (Å²) >= 11 is 1.82. The average molecular weight is 787 g/mol. The fraction of sp³-hybridized carbons (Fsp3) is 0.380. The summed E-state index contributed by atoms with van der Waals surface area (Å²) in [5, 5.41) is 20.4. The van der Waals surface area contributed by atoms with E-state index in [1.165, 1.54) is 98.8 Å². The Morgan fingerprint density at radius 1 is 0.793 bits per heavy atom. The number of rotatable bonds is 6. The van der Waals surface area contributed by atoms with Gasteiger partial charge in [-0.15, -0.1) is 21.5 Å². The fourth-order valence-corrected chi connectivity index (χ4v) is 11.8. The summed E-state index contributed by atoms with van der Waals surface area (Å²) in [4.78, 5) is 11.9. The van der Waals surface area contributed by atoms with Gasteiger partial charge in [-0.1, -0.05) is 72.8 Å². The molecule has 10 rings (SSSR count). The van der Waals surface area contributed by atoms with Crippen LogP contribution in [0.4, 0.5) is 5.69 Å². The molecular formula is C50H54N6OS. The Labute approximate surface area is 347 Å². The molecule has 3 atom stereocenters. The topological polar surface area (TPSA) is 69.8 Å². The van der Waals surface area contributed by atoms with E-state index in [-0.39, 0.29) is 12.0 Å². The van der Waals surface area contributed by atoms with Crippen LogP contribution in [0, 0.1) is 26.2 Å². The lowest BCUT2D eigenvalue weighted by Gasteiger charge is -2.47. The predicted octanol–water partition coefficient (Wildman–Crippen LogP) is 10.6. The normalized spacial score (nSPS) is 21.6.